The number of hydrogen-bond acceptors (Lipinski definition) is 7. The Hall–Kier alpha value is -2.22. The SMILES string of the molecule is O=C(CCc1nc(-c2cccs2)no1)OCC(=O)c1ccc(Cl)c(Cl)c1. The first kappa shape index (κ1) is 18.6. The summed E-state index contributed by atoms with van der Waals surface area (Å²) in [7, 11) is 0. The minimum Gasteiger partial charge on any atom is -0.457 e. The van der Waals surface area contributed by atoms with Crippen LogP contribution in [0.15, 0.2) is 40.2 Å². The van der Waals surface area contributed by atoms with E-state index in [9.17, 15) is 9.59 Å². The number of halogens is 2. The summed E-state index contributed by atoms with van der Waals surface area (Å²) in [5.41, 5.74) is 0.324. The summed E-state index contributed by atoms with van der Waals surface area (Å²) in [5.74, 6) is -0.0803. The molecule has 6 nitrogen and oxygen atoms in total. The highest BCUT2D eigenvalue weighted by Crippen LogP contribution is 2.23. The highest BCUT2D eigenvalue weighted by Gasteiger charge is 2.14. The van der Waals surface area contributed by atoms with Gasteiger partial charge in [0.2, 0.25) is 11.7 Å². The van der Waals surface area contributed by atoms with Crippen molar-refractivity contribution in [2.45, 2.75) is 12.8 Å². The minimum absolute atomic E-state index is 0.0285. The van der Waals surface area contributed by atoms with E-state index in [1.54, 1.807) is 0 Å². The molecule has 0 radical (unpaired) electrons. The van der Waals surface area contributed by atoms with Crippen LogP contribution < -0.4 is 0 Å². The zero-order valence-electron chi connectivity index (χ0n) is 13.3. The fraction of sp³-hybridized carbons (Fsp3) is 0.176. The van der Waals surface area contributed by atoms with E-state index in [1.165, 1.54) is 29.5 Å². The second kappa shape index (κ2) is 8.44. The van der Waals surface area contributed by atoms with Crippen molar-refractivity contribution < 1.29 is 18.8 Å². The van der Waals surface area contributed by atoms with Gasteiger partial charge in [0.25, 0.3) is 0 Å². The third-order valence-corrected chi connectivity index (χ3v) is 4.96. The summed E-state index contributed by atoms with van der Waals surface area (Å²) in [5, 5.41) is 6.39. The van der Waals surface area contributed by atoms with Crippen LogP contribution in [0.2, 0.25) is 10.0 Å². The number of thiophene rings is 1. The second-order valence-corrected chi connectivity index (χ2v) is 6.96. The summed E-state index contributed by atoms with van der Waals surface area (Å²) in [4.78, 5) is 28.9. The summed E-state index contributed by atoms with van der Waals surface area (Å²) < 4.78 is 10.1. The van der Waals surface area contributed by atoms with E-state index in [1.807, 2.05) is 17.5 Å². The molecular formula is C17H12Cl2N2O4S. The average molecular weight is 411 g/mol. The first-order valence-corrected chi connectivity index (χ1v) is 9.17. The van der Waals surface area contributed by atoms with Crippen molar-refractivity contribution in [3.63, 3.8) is 0 Å². The van der Waals surface area contributed by atoms with Crippen molar-refractivity contribution in [3.05, 3.63) is 57.2 Å². The van der Waals surface area contributed by atoms with Crippen LogP contribution in [0.5, 0.6) is 0 Å². The average Bonchev–Trinajstić information content (AvgIpc) is 3.31. The lowest BCUT2D eigenvalue weighted by Gasteiger charge is -2.04. The predicted molar refractivity (Wildman–Crippen MR) is 97.7 cm³/mol. The molecule has 2 heterocycles. The lowest BCUT2D eigenvalue weighted by molar-refractivity contribution is -0.142. The van der Waals surface area contributed by atoms with Gasteiger partial charge >= 0.3 is 5.97 Å². The molecule has 2 aromatic heterocycles. The van der Waals surface area contributed by atoms with Crippen LogP contribution in [0.1, 0.15) is 22.7 Å². The third kappa shape index (κ3) is 4.69. The van der Waals surface area contributed by atoms with E-state index in [-0.39, 0.29) is 30.3 Å². The van der Waals surface area contributed by atoms with Gasteiger partial charge in [0.15, 0.2) is 12.4 Å². The Kier molecular flexibility index (Phi) is 6.03. The zero-order valence-corrected chi connectivity index (χ0v) is 15.6. The van der Waals surface area contributed by atoms with Crippen LogP contribution >= 0.6 is 34.5 Å². The lowest BCUT2D eigenvalue weighted by Crippen LogP contribution is -2.14. The Morgan fingerprint density at radius 1 is 1.19 bits per heavy atom. The van der Waals surface area contributed by atoms with Crippen LogP contribution in [0.4, 0.5) is 0 Å². The number of esters is 1. The molecule has 1 aromatic carbocycles. The second-order valence-electron chi connectivity index (χ2n) is 5.20. The van der Waals surface area contributed by atoms with Gasteiger partial charge < -0.3 is 9.26 Å². The number of benzene rings is 1. The Morgan fingerprint density at radius 3 is 2.77 bits per heavy atom. The van der Waals surface area contributed by atoms with Crippen molar-refractivity contribution in [1.82, 2.24) is 10.1 Å². The van der Waals surface area contributed by atoms with Crippen LogP contribution in [0, 0.1) is 0 Å². The number of nitrogens with zero attached hydrogens (tertiary/aromatic N) is 2. The minimum atomic E-state index is -0.533. The Labute approximate surface area is 162 Å². The first-order chi connectivity index (χ1) is 12.5. The van der Waals surface area contributed by atoms with E-state index in [0.717, 1.165) is 4.88 Å². The van der Waals surface area contributed by atoms with E-state index in [0.29, 0.717) is 22.3 Å². The molecule has 134 valence electrons. The summed E-state index contributed by atoms with van der Waals surface area (Å²) in [6.07, 6.45) is 0.263. The number of carbonyl (C=O) groups excluding carboxylic acids is 2. The number of rotatable bonds is 7. The zero-order chi connectivity index (χ0) is 18.5. The lowest BCUT2D eigenvalue weighted by atomic mass is 10.1. The molecule has 0 amide bonds. The smallest absolute Gasteiger partial charge is 0.306 e. The highest BCUT2D eigenvalue weighted by molar-refractivity contribution is 7.13. The standard InChI is InChI=1S/C17H12Cl2N2O4S/c18-11-4-3-10(8-12(11)19)13(22)9-24-16(23)6-5-15-20-17(21-25-15)14-2-1-7-26-14/h1-4,7-8H,5-6,9H2. The molecule has 0 saturated carbocycles. The van der Waals surface area contributed by atoms with Gasteiger partial charge in [-0.05, 0) is 29.6 Å². The van der Waals surface area contributed by atoms with Crippen LogP contribution in [0.3, 0.4) is 0 Å². The van der Waals surface area contributed by atoms with Gasteiger partial charge in [0, 0.05) is 12.0 Å². The molecule has 26 heavy (non-hydrogen) atoms. The molecule has 0 spiro atoms. The topological polar surface area (TPSA) is 82.3 Å². The van der Waals surface area contributed by atoms with Gasteiger partial charge in [0.05, 0.1) is 21.3 Å². The Balaban J connectivity index is 1.47. The molecule has 0 aliphatic rings. The van der Waals surface area contributed by atoms with Gasteiger partial charge in [0.1, 0.15) is 0 Å². The van der Waals surface area contributed by atoms with Crippen molar-refractivity contribution in [2.75, 3.05) is 6.61 Å². The third-order valence-electron chi connectivity index (χ3n) is 3.36. The summed E-state index contributed by atoms with van der Waals surface area (Å²) >= 11 is 13.2. The number of carbonyl (C=O) groups is 2. The van der Waals surface area contributed by atoms with Crippen LogP contribution in [-0.4, -0.2) is 28.5 Å². The molecule has 0 aliphatic heterocycles. The number of hydrogen-bond donors (Lipinski definition) is 0. The largest absolute Gasteiger partial charge is 0.457 e. The number of aryl methyl sites for hydroxylation is 1. The number of ether oxygens (including phenoxy) is 1. The number of aromatic nitrogens is 2. The molecule has 0 atom stereocenters. The maximum Gasteiger partial charge on any atom is 0.306 e. The van der Waals surface area contributed by atoms with Gasteiger partial charge in [-0.15, -0.1) is 11.3 Å². The van der Waals surface area contributed by atoms with Crippen molar-refractivity contribution >= 4 is 46.3 Å². The maximum atomic E-state index is 12.0. The van der Waals surface area contributed by atoms with Crippen molar-refractivity contribution in [1.29, 1.82) is 0 Å². The number of ketones is 1. The van der Waals surface area contributed by atoms with Crippen molar-refractivity contribution in [2.24, 2.45) is 0 Å². The van der Waals surface area contributed by atoms with E-state index < -0.39 is 5.97 Å². The molecule has 3 aromatic rings. The highest BCUT2D eigenvalue weighted by atomic mass is 35.5. The molecule has 0 saturated heterocycles. The molecular weight excluding hydrogens is 399 g/mol. The van der Waals surface area contributed by atoms with E-state index in [4.69, 9.17) is 32.5 Å². The maximum absolute atomic E-state index is 12.0. The van der Waals surface area contributed by atoms with Crippen LogP contribution in [0.25, 0.3) is 10.7 Å². The predicted octanol–water partition coefficient (Wildman–Crippen LogP) is 4.46. The molecule has 0 N–H and O–H groups in total. The van der Waals surface area contributed by atoms with Gasteiger partial charge in [-0.1, -0.05) is 34.4 Å². The molecule has 3 rings (SSSR count). The summed E-state index contributed by atoms with van der Waals surface area (Å²) in [6.45, 7) is -0.374. The quantitative estimate of drug-likeness (QED) is 0.422. The molecule has 0 aliphatic carbocycles. The molecule has 0 bridgehead atoms. The fourth-order valence-corrected chi connectivity index (χ4v) is 2.99. The van der Waals surface area contributed by atoms with Gasteiger partial charge in [-0.2, -0.15) is 4.98 Å². The number of Topliss-reactive ketones (excluding diaryl/α,β-unsaturated/α-hetero) is 1. The van der Waals surface area contributed by atoms with Crippen molar-refractivity contribution in [3.8, 4) is 10.7 Å². The molecule has 9 heteroatoms. The monoisotopic (exact) mass is 410 g/mol. The fourth-order valence-electron chi connectivity index (χ4n) is 2.04. The summed E-state index contributed by atoms with van der Waals surface area (Å²) in [6, 6.07) is 8.24. The molecule has 0 fully saturated rings. The van der Waals surface area contributed by atoms with Gasteiger partial charge in [-0.25, -0.2) is 0 Å². The normalized spacial score (nSPS) is 10.7. The van der Waals surface area contributed by atoms with E-state index in [2.05, 4.69) is 10.1 Å². The first-order valence-electron chi connectivity index (χ1n) is 7.53. The van der Waals surface area contributed by atoms with Gasteiger partial charge in [-0.3, -0.25) is 9.59 Å². The Bertz CT molecular complexity index is 925. The van der Waals surface area contributed by atoms with Crippen LogP contribution in [-0.2, 0) is 16.0 Å². The Morgan fingerprint density at radius 2 is 2.04 bits per heavy atom. The molecule has 0 unspecified atom stereocenters. The van der Waals surface area contributed by atoms with E-state index >= 15 is 0 Å².